The molecule has 0 aliphatic carbocycles. The first-order valence-corrected chi connectivity index (χ1v) is 6.13. The molecule has 0 aliphatic rings. The second kappa shape index (κ2) is 5.40. The number of primary amides is 1. The minimum absolute atomic E-state index is 0.120. The lowest BCUT2D eigenvalue weighted by Crippen LogP contribution is -2.11. The minimum Gasteiger partial charge on any atom is -0.454 e. The average molecular weight is 292 g/mol. The molecule has 21 heavy (non-hydrogen) atoms. The van der Waals surface area contributed by atoms with E-state index in [1.807, 2.05) is 0 Å². The third-order valence-corrected chi connectivity index (χ3v) is 3.01. The van der Waals surface area contributed by atoms with Crippen LogP contribution in [0.2, 0.25) is 0 Å². The van der Waals surface area contributed by atoms with Crippen LogP contribution in [0.15, 0.2) is 24.3 Å². The standard InChI is InChI=1S/C15H14F2N2O2/c1-7-3-9(15(19)20)4-8(2)14(7)21-12-6-10(16)5-11(17)13(12)18/h3-6H,18H2,1-2H3,(H2,19,20). The SMILES string of the molecule is Cc1cc(C(N)=O)cc(C)c1Oc1cc(F)cc(F)c1N. The monoisotopic (exact) mass is 292 g/mol. The fourth-order valence-corrected chi connectivity index (χ4v) is 2.01. The number of benzene rings is 2. The molecule has 0 spiro atoms. The van der Waals surface area contributed by atoms with Crippen LogP contribution in [-0.2, 0) is 0 Å². The van der Waals surface area contributed by atoms with Crippen molar-refractivity contribution >= 4 is 11.6 Å². The van der Waals surface area contributed by atoms with E-state index in [0.717, 1.165) is 6.07 Å². The van der Waals surface area contributed by atoms with E-state index >= 15 is 0 Å². The molecule has 0 bridgehead atoms. The highest BCUT2D eigenvalue weighted by Gasteiger charge is 2.14. The first-order valence-electron chi connectivity index (χ1n) is 6.13. The third-order valence-electron chi connectivity index (χ3n) is 3.01. The van der Waals surface area contributed by atoms with E-state index in [-0.39, 0.29) is 11.4 Å². The number of hydrogen-bond donors (Lipinski definition) is 2. The molecule has 0 radical (unpaired) electrons. The van der Waals surface area contributed by atoms with Crippen molar-refractivity contribution in [1.82, 2.24) is 0 Å². The molecule has 6 heteroatoms. The number of anilines is 1. The number of carbonyl (C=O) groups is 1. The Morgan fingerprint density at radius 1 is 1.10 bits per heavy atom. The van der Waals surface area contributed by atoms with E-state index in [4.69, 9.17) is 16.2 Å². The van der Waals surface area contributed by atoms with Crippen molar-refractivity contribution < 1.29 is 18.3 Å². The van der Waals surface area contributed by atoms with Gasteiger partial charge in [0.2, 0.25) is 5.91 Å². The summed E-state index contributed by atoms with van der Waals surface area (Å²) in [5, 5.41) is 0. The maximum Gasteiger partial charge on any atom is 0.248 e. The second-order valence-corrected chi connectivity index (χ2v) is 4.70. The number of rotatable bonds is 3. The Hall–Kier alpha value is -2.63. The number of halogens is 2. The molecule has 0 atom stereocenters. The topological polar surface area (TPSA) is 78.3 Å². The van der Waals surface area contributed by atoms with E-state index in [1.165, 1.54) is 12.1 Å². The number of nitrogens with two attached hydrogens (primary N) is 2. The molecule has 2 aromatic rings. The molecular formula is C15H14F2N2O2. The minimum atomic E-state index is -0.894. The summed E-state index contributed by atoms with van der Waals surface area (Å²) < 4.78 is 32.2. The molecule has 4 nitrogen and oxygen atoms in total. The van der Waals surface area contributed by atoms with Gasteiger partial charge in [0.25, 0.3) is 0 Å². The van der Waals surface area contributed by atoms with Gasteiger partial charge < -0.3 is 16.2 Å². The van der Waals surface area contributed by atoms with Crippen LogP contribution in [0.1, 0.15) is 21.5 Å². The molecule has 1 amide bonds. The van der Waals surface area contributed by atoms with E-state index < -0.39 is 17.5 Å². The molecule has 0 aromatic heterocycles. The van der Waals surface area contributed by atoms with Crippen molar-refractivity contribution in [2.45, 2.75) is 13.8 Å². The maximum atomic E-state index is 13.4. The lowest BCUT2D eigenvalue weighted by molar-refractivity contribution is 0.1000. The van der Waals surface area contributed by atoms with Crippen LogP contribution < -0.4 is 16.2 Å². The fourth-order valence-electron chi connectivity index (χ4n) is 2.01. The molecule has 0 saturated carbocycles. The van der Waals surface area contributed by atoms with Gasteiger partial charge in [0.05, 0.1) is 0 Å². The van der Waals surface area contributed by atoms with Crippen molar-refractivity contribution in [2.75, 3.05) is 5.73 Å². The van der Waals surface area contributed by atoms with Crippen LogP contribution in [0.3, 0.4) is 0 Å². The molecule has 0 saturated heterocycles. The van der Waals surface area contributed by atoms with Crippen molar-refractivity contribution in [1.29, 1.82) is 0 Å². The van der Waals surface area contributed by atoms with E-state index in [0.29, 0.717) is 28.5 Å². The number of hydrogen-bond acceptors (Lipinski definition) is 3. The Kier molecular flexibility index (Phi) is 3.80. The largest absolute Gasteiger partial charge is 0.454 e. The Bertz CT molecular complexity index is 707. The summed E-state index contributed by atoms with van der Waals surface area (Å²) in [6.45, 7) is 3.39. The van der Waals surface area contributed by atoms with Gasteiger partial charge in [-0.3, -0.25) is 4.79 Å². The van der Waals surface area contributed by atoms with E-state index in [2.05, 4.69) is 0 Å². The van der Waals surface area contributed by atoms with Gasteiger partial charge in [-0.05, 0) is 37.1 Å². The Morgan fingerprint density at radius 3 is 2.19 bits per heavy atom. The number of carbonyl (C=O) groups excluding carboxylic acids is 1. The second-order valence-electron chi connectivity index (χ2n) is 4.70. The molecule has 4 N–H and O–H groups in total. The molecule has 0 aliphatic heterocycles. The zero-order valence-corrected chi connectivity index (χ0v) is 11.5. The number of aryl methyl sites for hydroxylation is 2. The quantitative estimate of drug-likeness (QED) is 0.853. The van der Waals surface area contributed by atoms with E-state index in [1.54, 1.807) is 13.8 Å². The van der Waals surface area contributed by atoms with Crippen LogP contribution in [0.4, 0.5) is 14.5 Å². The molecule has 110 valence electrons. The third kappa shape index (κ3) is 2.94. The van der Waals surface area contributed by atoms with Gasteiger partial charge in [0.15, 0.2) is 11.6 Å². The normalized spacial score (nSPS) is 10.5. The number of ether oxygens (including phenoxy) is 1. The van der Waals surface area contributed by atoms with E-state index in [9.17, 15) is 13.6 Å². The molecule has 0 heterocycles. The Balaban J connectivity index is 2.48. The summed E-state index contributed by atoms with van der Waals surface area (Å²) >= 11 is 0. The fraction of sp³-hybridized carbons (Fsp3) is 0.133. The zero-order valence-electron chi connectivity index (χ0n) is 11.5. The summed E-state index contributed by atoms with van der Waals surface area (Å²) in [7, 11) is 0. The van der Waals surface area contributed by atoms with Crippen LogP contribution >= 0.6 is 0 Å². The predicted octanol–water partition coefficient (Wildman–Crippen LogP) is 3.06. The van der Waals surface area contributed by atoms with Gasteiger partial charge in [-0.25, -0.2) is 8.78 Å². The number of nitrogen functional groups attached to an aromatic ring is 1. The summed E-state index contributed by atoms with van der Waals surface area (Å²) in [5.74, 6) is -2.00. The van der Waals surface area contributed by atoms with Crippen molar-refractivity contribution in [3.8, 4) is 11.5 Å². The molecule has 2 aromatic carbocycles. The van der Waals surface area contributed by atoms with Crippen LogP contribution in [-0.4, -0.2) is 5.91 Å². The molecule has 0 unspecified atom stereocenters. The van der Waals surface area contributed by atoms with Gasteiger partial charge in [0.1, 0.15) is 17.3 Å². The Labute approximate surface area is 120 Å². The highest BCUT2D eigenvalue weighted by atomic mass is 19.1. The lowest BCUT2D eigenvalue weighted by atomic mass is 10.1. The first kappa shape index (κ1) is 14.8. The van der Waals surface area contributed by atoms with Gasteiger partial charge in [0, 0.05) is 17.7 Å². The van der Waals surface area contributed by atoms with Crippen molar-refractivity contribution in [3.05, 3.63) is 52.6 Å². The van der Waals surface area contributed by atoms with Crippen molar-refractivity contribution in [3.63, 3.8) is 0 Å². The smallest absolute Gasteiger partial charge is 0.248 e. The van der Waals surface area contributed by atoms with Crippen LogP contribution in [0, 0.1) is 25.5 Å². The summed E-state index contributed by atoms with van der Waals surface area (Å²) in [6.07, 6.45) is 0. The van der Waals surface area contributed by atoms with Crippen LogP contribution in [0.25, 0.3) is 0 Å². The first-order chi connectivity index (χ1) is 9.79. The maximum absolute atomic E-state index is 13.4. The lowest BCUT2D eigenvalue weighted by Gasteiger charge is -2.14. The number of amides is 1. The average Bonchev–Trinajstić information content (AvgIpc) is 2.38. The highest BCUT2D eigenvalue weighted by molar-refractivity contribution is 5.93. The predicted molar refractivity (Wildman–Crippen MR) is 75.3 cm³/mol. The Morgan fingerprint density at radius 2 is 1.67 bits per heavy atom. The van der Waals surface area contributed by atoms with Gasteiger partial charge in [-0.1, -0.05) is 0 Å². The van der Waals surface area contributed by atoms with Crippen molar-refractivity contribution in [2.24, 2.45) is 5.73 Å². The summed E-state index contributed by atoms with van der Waals surface area (Å²) in [6, 6.07) is 4.75. The summed E-state index contributed by atoms with van der Waals surface area (Å²) in [5.41, 5.74) is 12.0. The van der Waals surface area contributed by atoms with Gasteiger partial charge in [-0.15, -0.1) is 0 Å². The molecular weight excluding hydrogens is 278 g/mol. The summed E-state index contributed by atoms with van der Waals surface area (Å²) in [4.78, 5) is 11.2. The van der Waals surface area contributed by atoms with Crippen LogP contribution in [0.5, 0.6) is 11.5 Å². The highest BCUT2D eigenvalue weighted by Crippen LogP contribution is 2.34. The van der Waals surface area contributed by atoms with Gasteiger partial charge >= 0.3 is 0 Å². The van der Waals surface area contributed by atoms with Gasteiger partial charge in [-0.2, -0.15) is 0 Å². The zero-order chi connectivity index (χ0) is 15.7. The molecule has 0 fully saturated rings. The molecule has 2 rings (SSSR count).